The molecule has 0 saturated carbocycles. The fraction of sp³-hybridized carbons (Fsp3) is 0.636. The molecule has 29 heavy (non-hydrogen) atoms. The lowest BCUT2D eigenvalue weighted by Crippen LogP contribution is -2.43. The summed E-state index contributed by atoms with van der Waals surface area (Å²) in [7, 11) is 1.97. The van der Waals surface area contributed by atoms with E-state index in [1.165, 1.54) is 5.56 Å². The maximum Gasteiger partial charge on any atom is 0.217 e. The van der Waals surface area contributed by atoms with E-state index in [-0.39, 0.29) is 5.60 Å². The van der Waals surface area contributed by atoms with Gasteiger partial charge in [0.15, 0.2) is 0 Å². The highest BCUT2D eigenvalue weighted by Gasteiger charge is 2.30. The Labute approximate surface area is 173 Å². The minimum atomic E-state index is -0.298. The van der Waals surface area contributed by atoms with Gasteiger partial charge in [-0.3, -0.25) is 4.68 Å². The summed E-state index contributed by atoms with van der Waals surface area (Å²) in [6, 6.07) is 4.92. The Balaban J connectivity index is 1.71. The number of hydrogen-bond donors (Lipinski definition) is 0. The number of pyridine rings is 1. The lowest BCUT2D eigenvalue weighted by atomic mass is 10.1. The van der Waals surface area contributed by atoms with E-state index < -0.39 is 0 Å². The molecule has 2 aromatic heterocycles. The smallest absolute Gasteiger partial charge is 0.217 e. The van der Waals surface area contributed by atoms with Gasteiger partial charge in [-0.15, -0.1) is 0 Å². The van der Waals surface area contributed by atoms with Crippen LogP contribution in [0.1, 0.15) is 52.1 Å². The average Bonchev–Trinajstić information content (AvgIpc) is 3.29. The first kappa shape index (κ1) is 20.0. The molecule has 0 bridgehead atoms. The first-order valence-electron chi connectivity index (χ1n) is 10.6. The highest BCUT2D eigenvalue weighted by atomic mass is 16.5. The van der Waals surface area contributed by atoms with Gasteiger partial charge in [-0.25, -0.2) is 0 Å². The minimum absolute atomic E-state index is 0.298. The van der Waals surface area contributed by atoms with Crippen LogP contribution < -0.4 is 14.5 Å². The second-order valence-corrected chi connectivity index (χ2v) is 9.15. The van der Waals surface area contributed by atoms with Crippen molar-refractivity contribution in [2.24, 2.45) is 7.05 Å². The van der Waals surface area contributed by atoms with Crippen molar-refractivity contribution >= 4 is 11.5 Å². The summed E-state index contributed by atoms with van der Waals surface area (Å²) in [6.45, 7) is 11.8. The fourth-order valence-electron chi connectivity index (χ4n) is 4.27. The maximum atomic E-state index is 6.20. The van der Waals surface area contributed by atoms with Gasteiger partial charge in [-0.1, -0.05) is 0 Å². The van der Waals surface area contributed by atoms with Crippen LogP contribution in [-0.2, 0) is 11.8 Å². The van der Waals surface area contributed by atoms with E-state index >= 15 is 0 Å². The molecule has 4 heterocycles. The van der Waals surface area contributed by atoms with Crippen molar-refractivity contribution in [1.29, 1.82) is 0 Å². The minimum Gasteiger partial charge on any atom is -0.472 e. The first-order valence-corrected chi connectivity index (χ1v) is 10.6. The number of rotatable bonds is 4. The van der Waals surface area contributed by atoms with Gasteiger partial charge in [-0.05, 0) is 40.5 Å². The third kappa shape index (κ3) is 4.50. The van der Waals surface area contributed by atoms with E-state index in [4.69, 9.17) is 14.5 Å². The van der Waals surface area contributed by atoms with Crippen LogP contribution in [-0.4, -0.2) is 52.7 Å². The topological polar surface area (TPSA) is 55.7 Å². The molecule has 1 unspecified atom stereocenters. The van der Waals surface area contributed by atoms with E-state index in [1.54, 1.807) is 0 Å². The zero-order valence-corrected chi connectivity index (χ0v) is 18.3. The molecule has 158 valence electrons. The number of nitrogens with zero attached hydrogens (tertiary/aromatic N) is 5. The average molecular weight is 400 g/mol. The standard InChI is InChI=1S/C22H33N5O2/c1-16-15-28-10-9-26(16)18-11-20(24-21(12-18)29-22(2,3)4)27-8-6-7-19(27)17-13-23-25(5)14-17/h11-14,16,19H,6-10,15H2,1-5H3/t16-,19?/m1/s1. The van der Waals surface area contributed by atoms with Gasteiger partial charge in [-0.2, -0.15) is 10.1 Å². The van der Waals surface area contributed by atoms with Crippen LogP contribution in [0.5, 0.6) is 5.88 Å². The molecule has 0 spiro atoms. The van der Waals surface area contributed by atoms with Crippen molar-refractivity contribution in [3.63, 3.8) is 0 Å². The molecule has 0 aliphatic carbocycles. The summed E-state index contributed by atoms with van der Waals surface area (Å²) in [5, 5.41) is 4.38. The van der Waals surface area contributed by atoms with Gasteiger partial charge in [0, 0.05) is 55.8 Å². The van der Waals surface area contributed by atoms with E-state index in [1.807, 2.05) is 17.9 Å². The van der Waals surface area contributed by atoms with Gasteiger partial charge >= 0.3 is 0 Å². The summed E-state index contributed by atoms with van der Waals surface area (Å²) in [5.74, 6) is 1.66. The predicted octanol–water partition coefficient (Wildman–Crippen LogP) is 3.56. The molecular weight excluding hydrogens is 366 g/mol. The van der Waals surface area contributed by atoms with Crippen molar-refractivity contribution in [2.45, 2.75) is 58.2 Å². The molecule has 2 aliphatic heterocycles. The van der Waals surface area contributed by atoms with E-state index in [0.717, 1.165) is 50.7 Å². The zero-order valence-electron chi connectivity index (χ0n) is 18.3. The fourth-order valence-corrected chi connectivity index (χ4v) is 4.27. The molecule has 2 fully saturated rings. The van der Waals surface area contributed by atoms with Crippen LogP contribution in [0.15, 0.2) is 24.5 Å². The number of aromatic nitrogens is 3. The second-order valence-electron chi connectivity index (χ2n) is 9.15. The van der Waals surface area contributed by atoms with E-state index in [2.05, 4.69) is 60.9 Å². The van der Waals surface area contributed by atoms with Crippen molar-refractivity contribution in [1.82, 2.24) is 14.8 Å². The van der Waals surface area contributed by atoms with Crippen LogP contribution in [0.4, 0.5) is 11.5 Å². The normalized spacial score (nSPS) is 22.9. The van der Waals surface area contributed by atoms with Crippen molar-refractivity contribution in [3.05, 3.63) is 30.1 Å². The quantitative estimate of drug-likeness (QED) is 0.784. The molecule has 2 aliphatic rings. The molecule has 2 saturated heterocycles. The van der Waals surface area contributed by atoms with Crippen LogP contribution in [0.2, 0.25) is 0 Å². The third-order valence-corrected chi connectivity index (χ3v) is 5.54. The molecule has 7 nitrogen and oxygen atoms in total. The third-order valence-electron chi connectivity index (χ3n) is 5.54. The molecule has 0 N–H and O–H groups in total. The Kier molecular flexibility index (Phi) is 5.42. The molecule has 0 radical (unpaired) electrons. The Hall–Kier alpha value is -2.28. The molecular formula is C22H33N5O2. The number of morpholine rings is 1. The number of anilines is 2. The Morgan fingerprint density at radius 1 is 1.17 bits per heavy atom. The molecule has 0 aromatic carbocycles. The Morgan fingerprint density at radius 2 is 2.00 bits per heavy atom. The van der Waals surface area contributed by atoms with E-state index in [9.17, 15) is 0 Å². The number of hydrogen-bond acceptors (Lipinski definition) is 6. The Morgan fingerprint density at radius 3 is 2.69 bits per heavy atom. The van der Waals surface area contributed by atoms with Crippen molar-refractivity contribution in [3.8, 4) is 5.88 Å². The van der Waals surface area contributed by atoms with Crippen molar-refractivity contribution < 1.29 is 9.47 Å². The van der Waals surface area contributed by atoms with Crippen LogP contribution >= 0.6 is 0 Å². The summed E-state index contributed by atoms with van der Waals surface area (Å²) in [5.41, 5.74) is 2.10. The predicted molar refractivity (Wildman–Crippen MR) is 115 cm³/mol. The zero-order chi connectivity index (χ0) is 20.6. The summed E-state index contributed by atoms with van der Waals surface area (Å²) in [4.78, 5) is 9.73. The van der Waals surface area contributed by atoms with Crippen LogP contribution in [0.25, 0.3) is 0 Å². The maximum absolute atomic E-state index is 6.20. The highest BCUT2D eigenvalue weighted by molar-refractivity contribution is 5.60. The first-order chi connectivity index (χ1) is 13.8. The lowest BCUT2D eigenvalue weighted by molar-refractivity contribution is 0.0986. The molecule has 0 amide bonds. The van der Waals surface area contributed by atoms with Gasteiger partial charge in [0.25, 0.3) is 0 Å². The van der Waals surface area contributed by atoms with Crippen LogP contribution in [0, 0.1) is 0 Å². The lowest BCUT2D eigenvalue weighted by Gasteiger charge is -2.36. The monoisotopic (exact) mass is 399 g/mol. The largest absolute Gasteiger partial charge is 0.472 e. The molecule has 4 rings (SSSR count). The van der Waals surface area contributed by atoms with Gasteiger partial charge in [0.2, 0.25) is 5.88 Å². The summed E-state index contributed by atoms with van der Waals surface area (Å²) < 4.78 is 13.7. The van der Waals surface area contributed by atoms with E-state index in [0.29, 0.717) is 18.0 Å². The number of ether oxygens (including phenoxy) is 2. The molecule has 2 aromatic rings. The van der Waals surface area contributed by atoms with Gasteiger partial charge in [0.1, 0.15) is 11.4 Å². The van der Waals surface area contributed by atoms with Crippen LogP contribution in [0.3, 0.4) is 0 Å². The SMILES string of the molecule is C[C@@H]1COCCN1c1cc(OC(C)(C)C)nc(N2CCCC2c2cnn(C)c2)c1. The Bertz CT molecular complexity index is 844. The molecule has 7 heteroatoms. The van der Waals surface area contributed by atoms with Gasteiger partial charge in [0.05, 0.1) is 25.5 Å². The van der Waals surface area contributed by atoms with Gasteiger partial charge < -0.3 is 19.3 Å². The summed E-state index contributed by atoms with van der Waals surface area (Å²) in [6.07, 6.45) is 6.35. The summed E-state index contributed by atoms with van der Waals surface area (Å²) >= 11 is 0. The second kappa shape index (κ2) is 7.86. The number of aryl methyl sites for hydroxylation is 1. The highest BCUT2D eigenvalue weighted by Crippen LogP contribution is 2.38. The van der Waals surface area contributed by atoms with Crippen molar-refractivity contribution in [2.75, 3.05) is 36.1 Å². The molecule has 2 atom stereocenters.